The number of amides is 1. The van der Waals surface area contributed by atoms with Crippen LogP contribution in [0.1, 0.15) is 45.4 Å². The molecule has 0 saturated carbocycles. The number of aromatic nitrogens is 1. The average Bonchev–Trinajstić information content (AvgIpc) is 2.82. The van der Waals surface area contributed by atoms with Crippen LogP contribution in [0.4, 0.5) is 4.79 Å². The maximum absolute atomic E-state index is 12.2. The minimum atomic E-state index is -0.262. The molecule has 2 aromatic rings. The molecule has 0 radical (unpaired) electrons. The molecule has 0 aliphatic heterocycles. The second-order valence-corrected chi connectivity index (χ2v) is 5.40. The van der Waals surface area contributed by atoms with Gasteiger partial charge in [0.2, 0.25) is 0 Å². The molecule has 2 N–H and O–H groups in total. The molecule has 0 unspecified atom stereocenters. The zero-order chi connectivity index (χ0) is 15.1. The van der Waals surface area contributed by atoms with Crippen LogP contribution in [-0.4, -0.2) is 22.2 Å². The van der Waals surface area contributed by atoms with Crippen molar-refractivity contribution in [1.29, 1.82) is 0 Å². The van der Waals surface area contributed by atoms with Gasteiger partial charge in [0.05, 0.1) is 5.52 Å². The van der Waals surface area contributed by atoms with Crippen LogP contribution in [-0.2, 0) is 0 Å². The quantitative estimate of drug-likeness (QED) is 0.748. The van der Waals surface area contributed by atoms with E-state index in [0.717, 1.165) is 23.7 Å². The fourth-order valence-corrected chi connectivity index (χ4v) is 2.53. The van der Waals surface area contributed by atoms with E-state index in [1.165, 1.54) is 30.3 Å². The first-order valence-electron chi connectivity index (χ1n) is 7.81. The first kappa shape index (κ1) is 15.4. The molecule has 4 nitrogen and oxygen atoms in total. The second kappa shape index (κ2) is 7.72. The van der Waals surface area contributed by atoms with Gasteiger partial charge in [-0.15, -0.1) is 0 Å². The van der Waals surface area contributed by atoms with Crippen LogP contribution in [0.25, 0.3) is 10.9 Å². The lowest BCUT2D eigenvalue weighted by Crippen LogP contribution is -2.28. The van der Waals surface area contributed by atoms with Gasteiger partial charge in [-0.05, 0) is 12.5 Å². The predicted molar refractivity (Wildman–Crippen MR) is 85.8 cm³/mol. The van der Waals surface area contributed by atoms with E-state index in [-0.39, 0.29) is 11.9 Å². The first-order chi connectivity index (χ1) is 10.2. The van der Waals surface area contributed by atoms with Crippen LogP contribution < -0.4 is 5.32 Å². The summed E-state index contributed by atoms with van der Waals surface area (Å²) in [6.07, 6.45) is 7.15. The Hall–Kier alpha value is -1.97. The van der Waals surface area contributed by atoms with Crippen molar-refractivity contribution in [3.05, 3.63) is 30.3 Å². The zero-order valence-electron chi connectivity index (χ0n) is 12.6. The molecule has 114 valence electrons. The number of benzene rings is 1. The van der Waals surface area contributed by atoms with Crippen molar-refractivity contribution in [2.45, 2.75) is 45.4 Å². The highest BCUT2D eigenvalue weighted by atomic mass is 16.3. The highest BCUT2D eigenvalue weighted by Gasteiger charge is 2.13. The number of nitrogens with zero attached hydrogens (tertiary/aromatic N) is 1. The average molecular weight is 288 g/mol. The van der Waals surface area contributed by atoms with E-state index in [1.807, 2.05) is 24.3 Å². The third-order valence-corrected chi connectivity index (χ3v) is 3.70. The molecule has 0 aliphatic carbocycles. The summed E-state index contributed by atoms with van der Waals surface area (Å²) in [5.74, 6) is -0.0170. The van der Waals surface area contributed by atoms with Crippen molar-refractivity contribution < 1.29 is 9.90 Å². The Kier molecular flexibility index (Phi) is 5.67. The van der Waals surface area contributed by atoms with Crippen molar-refractivity contribution in [2.24, 2.45) is 0 Å². The second-order valence-electron chi connectivity index (χ2n) is 5.40. The molecular weight excluding hydrogens is 264 g/mol. The number of fused-ring (bicyclic) bond motifs is 1. The van der Waals surface area contributed by atoms with Crippen LogP contribution in [0.3, 0.4) is 0 Å². The highest BCUT2D eigenvalue weighted by Crippen LogP contribution is 2.23. The number of unbranched alkanes of at least 4 members (excludes halogenated alkanes) is 5. The maximum Gasteiger partial charge on any atom is 0.328 e. The topological polar surface area (TPSA) is 54.3 Å². The van der Waals surface area contributed by atoms with Gasteiger partial charge < -0.3 is 10.4 Å². The van der Waals surface area contributed by atoms with Gasteiger partial charge in [0.1, 0.15) is 0 Å². The van der Waals surface area contributed by atoms with Gasteiger partial charge in [-0.3, -0.25) is 0 Å². The van der Waals surface area contributed by atoms with Crippen molar-refractivity contribution in [1.82, 2.24) is 9.88 Å². The van der Waals surface area contributed by atoms with Gasteiger partial charge in [-0.25, -0.2) is 9.36 Å². The third-order valence-electron chi connectivity index (χ3n) is 3.70. The lowest BCUT2D eigenvalue weighted by Gasteiger charge is -2.08. The smallest absolute Gasteiger partial charge is 0.328 e. The molecule has 0 bridgehead atoms. The molecule has 21 heavy (non-hydrogen) atoms. The maximum atomic E-state index is 12.2. The fourth-order valence-electron chi connectivity index (χ4n) is 2.53. The van der Waals surface area contributed by atoms with Crippen LogP contribution in [0.5, 0.6) is 5.88 Å². The number of carbonyl (C=O) groups excluding carboxylic acids is 1. The number of hydrogen-bond donors (Lipinski definition) is 2. The van der Waals surface area contributed by atoms with Gasteiger partial charge in [0, 0.05) is 18.0 Å². The van der Waals surface area contributed by atoms with Crippen molar-refractivity contribution in [2.75, 3.05) is 6.54 Å². The molecule has 2 rings (SSSR count). The number of para-hydroxylation sites is 1. The van der Waals surface area contributed by atoms with Crippen molar-refractivity contribution >= 4 is 16.9 Å². The van der Waals surface area contributed by atoms with E-state index < -0.39 is 0 Å². The Morgan fingerprint density at radius 2 is 1.86 bits per heavy atom. The summed E-state index contributed by atoms with van der Waals surface area (Å²) >= 11 is 0. The minimum Gasteiger partial charge on any atom is -0.494 e. The van der Waals surface area contributed by atoms with Gasteiger partial charge in [-0.2, -0.15) is 0 Å². The normalized spacial score (nSPS) is 10.9. The Balaban J connectivity index is 1.84. The van der Waals surface area contributed by atoms with E-state index in [0.29, 0.717) is 6.54 Å². The SMILES string of the molecule is CCCCCCCCNC(=O)n1c(O)cc2ccccc21. The Labute approximate surface area is 125 Å². The molecule has 1 heterocycles. The number of rotatable bonds is 7. The highest BCUT2D eigenvalue weighted by molar-refractivity contribution is 5.93. The molecule has 0 fully saturated rings. The number of nitrogens with one attached hydrogen (secondary N) is 1. The van der Waals surface area contributed by atoms with Gasteiger partial charge >= 0.3 is 6.03 Å². The summed E-state index contributed by atoms with van der Waals surface area (Å²) in [5.41, 5.74) is 0.732. The number of hydrogen-bond acceptors (Lipinski definition) is 2. The van der Waals surface area contributed by atoms with E-state index in [4.69, 9.17) is 0 Å². The molecule has 0 aliphatic rings. The van der Waals surface area contributed by atoms with Crippen molar-refractivity contribution in [3.8, 4) is 5.88 Å². The van der Waals surface area contributed by atoms with E-state index in [1.54, 1.807) is 6.07 Å². The third kappa shape index (κ3) is 4.00. The van der Waals surface area contributed by atoms with Crippen LogP contribution in [0.15, 0.2) is 30.3 Å². The molecular formula is C17H24N2O2. The summed E-state index contributed by atoms with van der Waals surface area (Å²) in [7, 11) is 0. The number of aromatic hydroxyl groups is 1. The fraction of sp³-hybridized carbons (Fsp3) is 0.471. The summed E-state index contributed by atoms with van der Waals surface area (Å²) < 4.78 is 1.33. The molecule has 0 spiro atoms. The molecule has 4 heteroatoms. The zero-order valence-corrected chi connectivity index (χ0v) is 12.6. The summed E-state index contributed by atoms with van der Waals surface area (Å²) in [5, 5.41) is 13.6. The summed E-state index contributed by atoms with van der Waals surface area (Å²) in [6, 6.07) is 8.81. The monoisotopic (exact) mass is 288 g/mol. The summed E-state index contributed by atoms with van der Waals surface area (Å²) in [6.45, 7) is 2.85. The number of carbonyl (C=O) groups is 1. The predicted octanol–water partition coefficient (Wildman–Crippen LogP) is 4.27. The minimum absolute atomic E-state index is 0.0170. The molecule has 1 aromatic carbocycles. The largest absolute Gasteiger partial charge is 0.494 e. The molecule has 0 atom stereocenters. The molecule has 1 aromatic heterocycles. The summed E-state index contributed by atoms with van der Waals surface area (Å²) in [4.78, 5) is 12.2. The van der Waals surface area contributed by atoms with Crippen molar-refractivity contribution in [3.63, 3.8) is 0 Å². The lowest BCUT2D eigenvalue weighted by molar-refractivity contribution is 0.240. The van der Waals surface area contributed by atoms with E-state index in [2.05, 4.69) is 12.2 Å². The van der Waals surface area contributed by atoms with E-state index in [9.17, 15) is 9.90 Å². The van der Waals surface area contributed by atoms with E-state index >= 15 is 0 Å². The van der Waals surface area contributed by atoms with Crippen LogP contribution >= 0.6 is 0 Å². The van der Waals surface area contributed by atoms with Crippen LogP contribution in [0.2, 0.25) is 0 Å². The Bertz CT molecular complexity index is 589. The molecule has 0 saturated heterocycles. The van der Waals surface area contributed by atoms with Gasteiger partial charge in [0.25, 0.3) is 0 Å². The Morgan fingerprint density at radius 1 is 1.14 bits per heavy atom. The Morgan fingerprint density at radius 3 is 2.67 bits per heavy atom. The lowest BCUT2D eigenvalue weighted by atomic mass is 10.1. The van der Waals surface area contributed by atoms with Gasteiger partial charge in [0.15, 0.2) is 5.88 Å². The standard InChI is InChI=1S/C17H24N2O2/c1-2-3-4-5-6-9-12-18-17(21)19-15-11-8-7-10-14(15)13-16(19)20/h7-8,10-11,13,20H,2-6,9,12H2,1H3,(H,18,21). The van der Waals surface area contributed by atoms with Crippen LogP contribution in [0, 0.1) is 0 Å². The van der Waals surface area contributed by atoms with Gasteiger partial charge in [-0.1, -0.05) is 57.2 Å². The first-order valence-corrected chi connectivity index (χ1v) is 7.81. The molecule has 1 amide bonds.